The van der Waals surface area contributed by atoms with Gasteiger partial charge in [0.25, 0.3) is 0 Å². The molecule has 8 heteroatoms. The van der Waals surface area contributed by atoms with Gasteiger partial charge in [-0.2, -0.15) is 13.2 Å². The zero-order chi connectivity index (χ0) is 19.0. The highest BCUT2D eigenvalue weighted by Gasteiger charge is 2.41. The molecule has 0 saturated carbocycles. The third kappa shape index (κ3) is 14.7. The zero-order valence-electron chi connectivity index (χ0n) is 15.6. The van der Waals surface area contributed by atoms with Crippen molar-refractivity contribution in [3.63, 3.8) is 0 Å². The van der Waals surface area contributed by atoms with Crippen LogP contribution in [0.5, 0.6) is 0 Å². The van der Waals surface area contributed by atoms with Crippen molar-refractivity contribution in [2.45, 2.75) is 83.9 Å². The Hall–Kier alpha value is -0.183. The molecule has 0 aliphatic rings. The van der Waals surface area contributed by atoms with Crippen LogP contribution in [-0.2, 0) is 13.3 Å². The summed E-state index contributed by atoms with van der Waals surface area (Å²) in [5, 5.41) is 0. The van der Waals surface area contributed by atoms with Crippen LogP contribution in [-0.4, -0.2) is 41.5 Å². The summed E-state index contributed by atoms with van der Waals surface area (Å²) in [6.07, 6.45) is 1.43. The first kappa shape index (κ1) is 24.8. The Morgan fingerprint density at radius 1 is 0.720 bits per heavy atom. The van der Waals surface area contributed by atoms with E-state index in [1.165, 1.54) is 0 Å². The summed E-state index contributed by atoms with van der Waals surface area (Å²) in [4.78, 5) is 0. The maximum absolute atomic E-state index is 12.4. The fourth-order valence-electron chi connectivity index (χ4n) is 2.32. The summed E-state index contributed by atoms with van der Waals surface area (Å²) in [5.41, 5.74) is 0. The van der Waals surface area contributed by atoms with Crippen LogP contribution in [0, 0.1) is 0 Å². The van der Waals surface area contributed by atoms with Crippen LogP contribution in [0.1, 0.15) is 71.6 Å². The number of unbranched alkanes of at least 4 members (excludes halogenated alkanes) is 5. The lowest BCUT2D eigenvalue weighted by atomic mass is 10.1. The minimum absolute atomic E-state index is 0.279. The van der Waals surface area contributed by atoms with E-state index in [-0.39, 0.29) is 6.67 Å². The van der Waals surface area contributed by atoms with Crippen molar-refractivity contribution in [3.8, 4) is 0 Å². The molecule has 0 amide bonds. The Morgan fingerprint density at radius 2 is 1.20 bits per heavy atom. The first-order chi connectivity index (χ1) is 11.9. The molecule has 0 radical (unpaired) electrons. The molecule has 25 heavy (non-hydrogen) atoms. The molecular weight excluding hydrogens is 356 g/mol. The molecule has 0 unspecified atom stereocenters. The van der Waals surface area contributed by atoms with Crippen molar-refractivity contribution in [3.05, 3.63) is 0 Å². The second kappa shape index (κ2) is 14.9. The van der Waals surface area contributed by atoms with Crippen LogP contribution in [0.15, 0.2) is 0 Å². The van der Waals surface area contributed by atoms with Gasteiger partial charge in [0.1, 0.15) is 0 Å². The van der Waals surface area contributed by atoms with E-state index in [1.54, 1.807) is 0 Å². The van der Waals surface area contributed by atoms with Crippen molar-refractivity contribution in [2.24, 2.45) is 0 Å². The topological polar surface area (TPSA) is 27.7 Å². The van der Waals surface area contributed by atoms with Gasteiger partial charge in [-0.25, -0.2) is 0 Å². The molecule has 0 bridgehead atoms. The molecule has 0 aromatic heterocycles. The average molecular weight is 391 g/mol. The molecule has 0 N–H and O–H groups in total. The quantitative estimate of drug-likeness (QED) is 0.172. The average Bonchev–Trinajstić information content (AvgIpc) is 2.56. The van der Waals surface area contributed by atoms with Gasteiger partial charge in [-0.15, -0.1) is 0 Å². The number of hydrogen-bond acceptors (Lipinski definition) is 3. The SMILES string of the molecule is CCCO[Si](CCCCCCCCF)(OCCC)OCCC(F)(F)F. The minimum Gasteiger partial charge on any atom is -0.373 e. The molecule has 0 aliphatic heterocycles. The Kier molecular flexibility index (Phi) is 14.8. The summed E-state index contributed by atoms with van der Waals surface area (Å²) in [5.74, 6) is 0. The molecular formula is C17H34F4O3Si. The second-order valence-corrected chi connectivity index (χ2v) is 8.89. The maximum Gasteiger partial charge on any atom is 0.500 e. The molecule has 3 nitrogen and oxygen atoms in total. The molecule has 0 aliphatic carbocycles. The monoisotopic (exact) mass is 390 g/mol. The van der Waals surface area contributed by atoms with E-state index in [0.29, 0.717) is 25.7 Å². The van der Waals surface area contributed by atoms with Gasteiger partial charge in [0.05, 0.1) is 13.1 Å². The smallest absolute Gasteiger partial charge is 0.373 e. The molecule has 0 aromatic carbocycles. The largest absolute Gasteiger partial charge is 0.500 e. The van der Waals surface area contributed by atoms with E-state index in [0.717, 1.165) is 44.9 Å². The zero-order valence-corrected chi connectivity index (χ0v) is 16.6. The fraction of sp³-hybridized carbons (Fsp3) is 1.00. The van der Waals surface area contributed by atoms with Gasteiger partial charge in [-0.05, 0) is 25.7 Å². The van der Waals surface area contributed by atoms with Crippen molar-refractivity contribution < 1.29 is 30.8 Å². The molecule has 152 valence electrons. The van der Waals surface area contributed by atoms with Crippen LogP contribution in [0.25, 0.3) is 0 Å². The normalized spacial score (nSPS) is 12.7. The molecule has 0 spiro atoms. The van der Waals surface area contributed by atoms with E-state index < -0.39 is 28.0 Å². The van der Waals surface area contributed by atoms with Crippen molar-refractivity contribution in [1.29, 1.82) is 0 Å². The Morgan fingerprint density at radius 3 is 1.68 bits per heavy atom. The summed E-state index contributed by atoms with van der Waals surface area (Å²) in [6.45, 7) is 4.05. The predicted molar refractivity (Wildman–Crippen MR) is 93.3 cm³/mol. The number of hydrogen-bond donors (Lipinski definition) is 0. The Balaban J connectivity index is 4.48. The van der Waals surface area contributed by atoms with Gasteiger partial charge >= 0.3 is 15.0 Å². The number of alkyl halides is 4. The lowest BCUT2D eigenvalue weighted by molar-refractivity contribution is -0.142. The molecule has 0 saturated heterocycles. The summed E-state index contributed by atoms with van der Waals surface area (Å²) in [7, 11) is -3.07. The molecule has 0 atom stereocenters. The van der Waals surface area contributed by atoms with Gasteiger partial charge in [0.15, 0.2) is 0 Å². The number of halogens is 4. The summed E-state index contributed by atoms with van der Waals surface area (Å²) < 4.78 is 66.5. The van der Waals surface area contributed by atoms with Gasteiger partial charge in [-0.1, -0.05) is 39.5 Å². The highest BCUT2D eigenvalue weighted by molar-refractivity contribution is 6.60. The van der Waals surface area contributed by atoms with Gasteiger partial charge in [0, 0.05) is 25.9 Å². The standard InChI is InChI=1S/C17H34F4O3Si/c1-3-13-22-25(23-14-4-2,24-15-11-17(19,20)21)16-10-8-6-5-7-9-12-18/h3-16H2,1-2H3. The fourth-order valence-corrected chi connectivity index (χ4v) is 5.13. The highest BCUT2D eigenvalue weighted by atomic mass is 28.4. The highest BCUT2D eigenvalue weighted by Crippen LogP contribution is 2.25. The molecule has 0 fully saturated rings. The van der Waals surface area contributed by atoms with Crippen LogP contribution < -0.4 is 0 Å². The lowest BCUT2D eigenvalue weighted by Gasteiger charge is -2.30. The van der Waals surface area contributed by atoms with Gasteiger partial charge < -0.3 is 13.3 Å². The molecule has 0 rings (SSSR count). The van der Waals surface area contributed by atoms with E-state index in [9.17, 15) is 17.6 Å². The van der Waals surface area contributed by atoms with Crippen LogP contribution in [0.4, 0.5) is 17.6 Å². The van der Waals surface area contributed by atoms with Crippen LogP contribution >= 0.6 is 0 Å². The first-order valence-corrected chi connectivity index (χ1v) is 11.4. The predicted octanol–water partition coefficient (Wildman–Crippen LogP) is 6.06. The third-order valence-corrected chi connectivity index (χ3v) is 6.52. The van der Waals surface area contributed by atoms with Crippen molar-refractivity contribution >= 4 is 8.80 Å². The van der Waals surface area contributed by atoms with E-state index in [1.807, 2.05) is 13.8 Å². The summed E-state index contributed by atoms with van der Waals surface area (Å²) >= 11 is 0. The maximum atomic E-state index is 12.4. The minimum atomic E-state index is -4.24. The second-order valence-electron chi connectivity index (χ2n) is 6.15. The van der Waals surface area contributed by atoms with Gasteiger partial charge in [0.2, 0.25) is 0 Å². The van der Waals surface area contributed by atoms with Crippen molar-refractivity contribution in [2.75, 3.05) is 26.5 Å². The van der Waals surface area contributed by atoms with Crippen molar-refractivity contribution in [1.82, 2.24) is 0 Å². The first-order valence-electron chi connectivity index (χ1n) is 9.43. The van der Waals surface area contributed by atoms with E-state index in [4.69, 9.17) is 13.3 Å². The number of rotatable bonds is 17. The van der Waals surface area contributed by atoms with E-state index >= 15 is 0 Å². The van der Waals surface area contributed by atoms with Crippen LogP contribution in [0.2, 0.25) is 6.04 Å². The van der Waals surface area contributed by atoms with Crippen LogP contribution in [0.3, 0.4) is 0 Å². The molecule has 0 aromatic rings. The lowest BCUT2D eigenvalue weighted by Crippen LogP contribution is -2.47. The Bertz CT molecular complexity index is 296. The summed E-state index contributed by atoms with van der Waals surface area (Å²) in [6, 6.07) is 0.536. The van der Waals surface area contributed by atoms with Gasteiger partial charge in [-0.3, -0.25) is 4.39 Å². The molecule has 0 heterocycles. The Labute approximate surface area is 150 Å². The third-order valence-electron chi connectivity index (χ3n) is 3.63. The van der Waals surface area contributed by atoms with E-state index in [2.05, 4.69) is 0 Å².